The second kappa shape index (κ2) is 7.62. The van der Waals surface area contributed by atoms with Crippen molar-refractivity contribution < 1.29 is 17.9 Å². The summed E-state index contributed by atoms with van der Waals surface area (Å²) < 4.78 is 31.3. The SMILES string of the molecule is COC(=O)CN(c1ccc(CC#N)cc1)S(=O)(=O)c1ccccc1. The third-order valence-electron chi connectivity index (χ3n) is 3.34. The largest absolute Gasteiger partial charge is 0.468 e. The number of methoxy groups -OCH3 is 1. The Morgan fingerprint density at radius 3 is 2.29 bits per heavy atom. The maximum absolute atomic E-state index is 12.9. The van der Waals surface area contributed by atoms with Crippen molar-refractivity contribution in [3.8, 4) is 6.07 Å². The van der Waals surface area contributed by atoms with Crippen LogP contribution >= 0.6 is 0 Å². The number of rotatable bonds is 6. The molecular formula is C17H16N2O4S. The van der Waals surface area contributed by atoms with E-state index in [4.69, 9.17) is 5.26 Å². The number of hydrogen-bond donors (Lipinski definition) is 0. The molecule has 6 nitrogen and oxygen atoms in total. The van der Waals surface area contributed by atoms with Crippen molar-refractivity contribution in [2.24, 2.45) is 0 Å². The van der Waals surface area contributed by atoms with Gasteiger partial charge >= 0.3 is 5.97 Å². The van der Waals surface area contributed by atoms with Crippen molar-refractivity contribution in [3.05, 3.63) is 60.2 Å². The van der Waals surface area contributed by atoms with Crippen LogP contribution in [0.1, 0.15) is 5.56 Å². The molecule has 0 heterocycles. The number of nitrogens with zero attached hydrogens (tertiary/aromatic N) is 2. The zero-order valence-corrected chi connectivity index (χ0v) is 13.9. The summed E-state index contributed by atoms with van der Waals surface area (Å²) in [5, 5.41) is 8.71. The molecule has 0 aliphatic heterocycles. The highest BCUT2D eigenvalue weighted by molar-refractivity contribution is 7.92. The van der Waals surface area contributed by atoms with Crippen molar-refractivity contribution in [1.82, 2.24) is 0 Å². The van der Waals surface area contributed by atoms with Crippen LogP contribution in [0.4, 0.5) is 5.69 Å². The molecular weight excluding hydrogens is 328 g/mol. The lowest BCUT2D eigenvalue weighted by molar-refractivity contribution is -0.138. The van der Waals surface area contributed by atoms with Crippen LogP contribution in [0.3, 0.4) is 0 Å². The molecule has 0 aromatic heterocycles. The van der Waals surface area contributed by atoms with Crippen LogP contribution in [0, 0.1) is 11.3 Å². The average molecular weight is 344 g/mol. The quantitative estimate of drug-likeness (QED) is 0.749. The van der Waals surface area contributed by atoms with Gasteiger partial charge in [-0.3, -0.25) is 9.10 Å². The van der Waals surface area contributed by atoms with Crippen molar-refractivity contribution in [1.29, 1.82) is 5.26 Å². The van der Waals surface area contributed by atoms with Gasteiger partial charge in [0.2, 0.25) is 0 Å². The molecule has 2 aromatic rings. The smallest absolute Gasteiger partial charge is 0.326 e. The van der Waals surface area contributed by atoms with E-state index >= 15 is 0 Å². The highest BCUT2D eigenvalue weighted by atomic mass is 32.2. The number of hydrogen-bond acceptors (Lipinski definition) is 5. The Kier molecular flexibility index (Phi) is 5.55. The van der Waals surface area contributed by atoms with Gasteiger partial charge in [0.05, 0.1) is 30.2 Å². The topological polar surface area (TPSA) is 87.5 Å². The molecule has 0 fully saturated rings. The van der Waals surface area contributed by atoms with Gasteiger partial charge in [0.1, 0.15) is 6.54 Å². The van der Waals surface area contributed by atoms with E-state index in [1.165, 1.54) is 19.2 Å². The van der Waals surface area contributed by atoms with Gasteiger partial charge in [-0.1, -0.05) is 30.3 Å². The summed E-state index contributed by atoms with van der Waals surface area (Å²) in [5.41, 5.74) is 1.09. The third-order valence-corrected chi connectivity index (χ3v) is 5.13. The molecule has 0 aliphatic carbocycles. The van der Waals surface area contributed by atoms with Crippen molar-refractivity contribution >= 4 is 21.7 Å². The molecule has 0 atom stereocenters. The van der Waals surface area contributed by atoms with Crippen molar-refractivity contribution in [2.45, 2.75) is 11.3 Å². The van der Waals surface area contributed by atoms with E-state index in [0.717, 1.165) is 9.87 Å². The fraction of sp³-hybridized carbons (Fsp3) is 0.176. The predicted molar refractivity (Wildman–Crippen MR) is 88.7 cm³/mol. The molecule has 0 amide bonds. The predicted octanol–water partition coefficient (Wildman–Crippen LogP) is 2.12. The minimum absolute atomic E-state index is 0.0787. The Morgan fingerprint density at radius 2 is 1.75 bits per heavy atom. The average Bonchev–Trinajstić information content (AvgIpc) is 2.61. The molecule has 0 bridgehead atoms. The Labute approximate surface area is 141 Å². The van der Waals surface area contributed by atoms with Crippen LogP contribution in [-0.2, 0) is 26.0 Å². The highest BCUT2D eigenvalue weighted by Gasteiger charge is 2.27. The van der Waals surface area contributed by atoms with Gasteiger partial charge in [0.15, 0.2) is 0 Å². The number of anilines is 1. The highest BCUT2D eigenvalue weighted by Crippen LogP contribution is 2.24. The second-order valence-electron chi connectivity index (χ2n) is 4.90. The van der Waals surface area contributed by atoms with Gasteiger partial charge in [-0.2, -0.15) is 5.26 Å². The summed E-state index contributed by atoms with van der Waals surface area (Å²) in [6, 6.07) is 16.3. The maximum atomic E-state index is 12.9. The Balaban J connectivity index is 2.45. The summed E-state index contributed by atoms with van der Waals surface area (Å²) in [7, 11) is -2.72. The summed E-state index contributed by atoms with van der Waals surface area (Å²) in [5.74, 6) is -0.671. The molecule has 0 radical (unpaired) electrons. The van der Waals surface area contributed by atoms with Gasteiger partial charge in [0, 0.05) is 0 Å². The molecule has 24 heavy (non-hydrogen) atoms. The van der Waals surface area contributed by atoms with E-state index in [-0.39, 0.29) is 11.3 Å². The lowest BCUT2D eigenvalue weighted by Gasteiger charge is -2.23. The van der Waals surface area contributed by atoms with Gasteiger partial charge in [0.25, 0.3) is 10.0 Å². The van der Waals surface area contributed by atoms with Crippen LogP contribution in [0.2, 0.25) is 0 Å². The van der Waals surface area contributed by atoms with Gasteiger partial charge in [-0.05, 0) is 29.8 Å². The summed E-state index contributed by atoms with van der Waals surface area (Å²) in [6.07, 6.45) is 0.225. The molecule has 0 saturated heterocycles. The lowest BCUT2D eigenvalue weighted by Crippen LogP contribution is -2.36. The van der Waals surface area contributed by atoms with Gasteiger partial charge < -0.3 is 4.74 Å². The molecule has 124 valence electrons. The first-order valence-electron chi connectivity index (χ1n) is 7.09. The van der Waals surface area contributed by atoms with Crippen molar-refractivity contribution in [2.75, 3.05) is 18.0 Å². The Morgan fingerprint density at radius 1 is 1.12 bits per heavy atom. The van der Waals surface area contributed by atoms with Crippen molar-refractivity contribution in [3.63, 3.8) is 0 Å². The molecule has 0 spiro atoms. The first-order valence-corrected chi connectivity index (χ1v) is 8.53. The number of carbonyl (C=O) groups is 1. The lowest BCUT2D eigenvalue weighted by atomic mass is 10.1. The summed E-state index contributed by atoms with van der Waals surface area (Å²) in [4.78, 5) is 11.8. The number of esters is 1. The number of benzene rings is 2. The maximum Gasteiger partial charge on any atom is 0.326 e. The molecule has 2 aromatic carbocycles. The summed E-state index contributed by atoms with van der Waals surface area (Å²) >= 11 is 0. The standard InChI is InChI=1S/C17H16N2O4S/c1-23-17(20)13-19(15-9-7-14(8-10-15)11-12-18)24(21,22)16-5-3-2-4-6-16/h2-10H,11,13H2,1H3. The second-order valence-corrected chi connectivity index (χ2v) is 6.76. The van der Waals surface area contributed by atoms with Crippen LogP contribution in [0.25, 0.3) is 0 Å². The molecule has 0 unspecified atom stereocenters. The Hall–Kier alpha value is -2.85. The number of nitriles is 1. The van der Waals surface area contributed by atoms with Crippen LogP contribution in [0.5, 0.6) is 0 Å². The molecule has 7 heteroatoms. The van der Waals surface area contributed by atoms with Crippen LogP contribution in [-0.4, -0.2) is 28.0 Å². The first kappa shape index (κ1) is 17.5. The summed E-state index contributed by atoms with van der Waals surface area (Å²) in [6.45, 7) is -0.439. The van der Waals surface area contributed by atoms with E-state index in [2.05, 4.69) is 4.74 Å². The fourth-order valence-corrected chi connectivity index (χ4v) is 3.52. The Bertz CT molecular complexity index is 840. The third kappa shape index (κ3) is 3.91. The normalized spacial score (nSPS) is 10.7. The molecule has 0 saturated carbocycles. The fourth-order valence-electron chi connectivity index (χ4n) is 2.09. The minimum atomic E-state index is -3.92. The number of sulfonamides is 1. The van der Waals surface area contributed by atoms with E-state index in [1.807, 2.05) is 6.07 Å². The monoisotopic (exact) mass is 344 g/mol. The van der Waals surface area contributed by atoms with E-state index in [9.17, 15) is 13.2 Å². The van der Waals surface area contributed by atoms with Gasteiger partial charge in [-0.25, -0.2) is 8.42 Å². The molecule has 0 N–H and O–H groups in total. The minimum Gasteiger partial charge on any atom is -0.468 e. The van der Waals surface area contributed by atoms with Gasteiger partial charge in [-0.15, -0.1) is 0 Å². The molecule has 0 aliphatic rings. The number of carbonyl (C=O) groups excluding carboxylic acids is 1. The molecule has 2 rings (SSSR count). The number of ether oxygens (including phenoxy) is 1. The zero-order chi connectivity index (χ0) is 17.6. The van der Waals surface area contributed by atoms with Crippen LogP contribution in [0.15, 0.2) is 59.5 Å². The van der Waals surface area contributed by atoms with E-state index < -0.39 is 22.5 Å². The first-order chi connectivity index (χ1) is 11.5. The zero-order valence-electron chi connectivity index (χ0n) is 13.0. The van der Waals surface area contributed by atoms with E-state index in [0.29, 0.717) is 5.69 Å². The van der Waals surface area contributed by atoms with E-state index in [1.54, 1.807) is 42.5 Å². The van der Waals surface area contributed by atoms with Crippen LogP contribution < -0.4 is 4.31 Å².